The molecule has 8 nitrogen and oxygen atoms in total. The Morgan fingerprint density at radius 1 is 1.34 bits per heavy atom. The third kappa shape index (κ3) is 3.80. The molecule has 3 rings (SSSR count). The third-order valence-electron chi connectivity index (χ3n) is 4.80. The highest BCUT2D eigenvalue weighted by Crippen LogP contribution is 2.30. The van der Waals surface area contributed by atoms with Gasteiger partial charge in [0.25, 0.3) is 11.7 Å². The average molecular weight is 408 g/mol. The Labute approximate surface area is 164 Å². The van der Waals surface area contributed by atoms with E-state index in [4.69, 9.17) is 0 Å². The molecule has 154 valence electrons. The van der Waals surface area contributed by atoms with Crippen LogP contribution in [0.1, 0.15) is 31.5 Å². The second-order valence-corrected chi connectivity index (χ2v) is 6.70. The van der Waals surface area contributed by atoms with E-state index in [0.717, 1.165) is 12.3 Å². The first kappa shape index (κ1) is 20.4. The van der Waals surface area contributed by atoms with E-state index in [1.807, 2.05) is 0 Å². The third-order valence-corrected chi connectivity index (χ3v) is 4.80. The lowest BCUT2D eigenvalue weighted by Gasteiger charge is -2.39. The number of carbonyl (C=O) groups is 2. The maximum atomic E-state index is 13.3. The van der Waals surface area contributed by atoms with E-state index in [1.165, 1.54) is 35.4 Å². The molecule has 2 aromatic rings. The van der Waals surface area contributed by atoms with Crippen LogP contribution in [0.15, 0.2) is 49.1 Å². The van der Waals surface area contributed by atoms with Crippen molar-refractivity contribution in [1.29, 1.82) is 0 Å². The zero-order valence-corrected chi connectivity index (χ0v) is 15.6. The summed E-state index contributed by atoms with van der Waals surface area (Å²) < 4.78 is 39.6. The normalized spacial score (nSPS) is 21.1. The van der Waals surface area contributed by atoms with Crippen LogP contribution in [0.25, 0.3) is 0 Å². The Hall–Kier alpha value is -3.37. The Bertz CT molecular complexity index is 926. The molecule has 1 aliphatic rings. The first-order valence-electron chi connectivity index (χ1n) is 8.73. The predicted molar refractivity (Wildman–Crippen MR) is 95.6 cm³/mol. The van der Waals surface area contributed by atoms with Gasteiger partial charge in [-0.2, -0.15) is 18.3 Å². The smallest absolute Gasteiger partial charge is 0.342 e. The van der Waals surface area contributed by atoms with Gasteiger partial charge in [-0.05, 0) is 31.0 Å². The first-order chi connectivity index (χ1) is 13.6. The fourth-order valence-corrected chi connectivity index (χ4v) is 2.90. The maximum Gasteiger partial charge on any atom is 0.433 e. The highest BCUT2D eigenvalue weighted by atomic mass is 19.4. The summed E-state index contributed by atoms with van der Waals surface area (Å²) >= 11 is 0. The number of carbonyl (C=O) groups excluding carboxylic acids is 2. The molecule has 0 radical (unpaired) electrons. The van der Waals surface area contributed by atoms with E-state index in [2.05, 4.69) is 26.0 Å². The second kappa shape index (κ2) is 7.22. The van der Waals surface area contributed by atoms with E-state index in [-0.39, 0.29) is 0 Å². The number of hydrogen-bond donors (Lipinski definition) is 3. The van der Waals surface area contributed by atoms with Gasteiger partial charge in [0, 0.05) is 30.9 Å². The average Bonchev–Trinajstić information content (AvgIpc) is 3.22. The molecule has 2 aromatic heterocycles. The van der Waals surface area contributed by atoms with Crippen molar-refractivity contribution >= 4 is 11.8 Å². The SMILES string of the molecule is CCC(C)(NC(=O)C1(n2cccn2)NC=CC(=O)N1)c1ccc(C(F)(F)F)nc1. The van der Waals surface area contributed by atoms with Crippen LogP contribution in [0, 0.1) is 0 Å². The number of halogens is 3. The molecular formula is C18H19F3N6O2. The van der Waals surface area contributed by atoms with Gasteiger partial charge in [0.1, 0.15) is 5.69 Å². The number of amides is 2. The number of rotatable bonds is 5. The fraction of sp³-hybridized carbons (Fsp3) is 0.333. The Morgan fingerprint density at radius 2 is 2.10 bits per heavy atom. The molecule has 2 amide bonds. The van der Waals surface area contributed by atoms with Crippen molar-refractivity contribution in [3.63, 3.8) is 0 Å². The Morgan fingerprint density at radius 3 is 2.62 bits per heavy atom. The molecule has 0 saturated carbocycles. The van der Waals surface area contributed by atoms with Gasteiger partial charge in [0.05, 0.1) is 5.54 Å². The molecule has 0 aromatic carbocycles. The quantitative estimate of drug-likeness (QED) is 0.698. The first-order valence-corrected chi connectivity index (χ1v) is 8.73. The number of aromatic nitrogens is 3. The molecule has 0 bridgehead atoms. The molecule has 3 heterocycles. The molecule has 3 N–H and O–H groups in total. The van der Waals surface area contributed by atoms with Crippen molar-refractivity contribution in [2.45, 2.75) is 37.8 Å². The topological polar surface area (TPSA) is 101 Å². The van der Waals surface area contributed by atoms with Gasteiger partial charge in [-0.1, -0.05) is 13.0 Å². The van der Waals surface area contributed by atoms with Gasteiger partial charge in [-0.3, -0.25) is 14.6 Å². The molecule has 2 unspecified atom stereocenters. The van der Waals surface area contributed by atoms with E-state index >= 15 is 0 Å². The van der Waals surface area contributed by atoms with Crippen molar-refractivity contribution < 1.29 is 22.8 Å². The molecule has 0 spiro atoms. The summed E-state index contributed by atoms with van der Waals surface area (Å²) in [6.07, 6.45) is 2.35. The van der Waals surface area contributed by atoms with Crippen molar-refractivity contribution in [2.24, 2.45) is 0 Å². The highest BCUT2D eigenvalue weighted by molar-refractivity contribution is 5.95. The summed E-state index contributed by atoms with van der Waals surface area (Å²) in [5, 5.41) is 12.2. The molecular weight excluding hydrogens is 389 g/mol. The summed E-state index contributed by atoms with van der Waals surface area (Å²) in [6.45, 7) is 3.43. The monoisotopic (exact) mass is 408 g/mol. The Kier molecular flexibility index (Phi) is 5.07. The van der Waals surface area contributed by atoms with E-state index in [9.17, 15) is 22.8 Å². The number of nitrogens with one attached hydrogen (secondary N) is 3. The minimum absolute atomic E-state index is 0.352. The van der Waals surface area contributed by atoms with Crippen LogP contribution in [0.5, 0.6) is 0 Å². The summed E-state index contributed by atoms with van der Waals surface area (Å²) in [6, 6.07) is 3.72. The number of pyridine rings is 1. The zero-order valence-electron chi connectivity index (χ0n) is 15.6. The minimum atomic E-state index is -4.56. The van der Waals surface area contributed by atoms with Gasteiger partial charge in [-0.15, -0.1) is 0 Å². The summed E-state index contributed by atoms with van der Waals surface area (Å²) in [5.41, 5.74) is -1.69. The van der Waals surface area contributed by atoms with Crippen LogP contribution in [-0.4, -0.2) is 26.6 Å². The molecule has 0 saturated heterocycles. The van der Waals surface area contributed by atoms with Crippen molar-refractivity contribution in [2.75, 3.05) is 0 Å². The van der Waals surface area contributed by atoms with Crippen LogP contribution >= 0.6 is 0 Å². The summed E-state index contributed by atoms with van der Waals surface area (Å²) in [7, 11) is 0. The van der Waals surface area contributed by atoms with Gasteiger partial charge >= 0.3 is 6.18 Å². The van der Waals surface area contributed by atoms with E-state index in [0.29, 0.717) is 12.0 Å². The molecule has 0 aliphatic carbocycles. The van der Waals surface area contributed by atoms with Crippen LogP contribution in [-0.2, 0) is 27.1 Å². The number of alkyl halides is 3. The van der Waals surface area contributed by atoms with Gasteiger partial charge < -0.3 is 16.0 Å². The van der Waals surface area contributed by atoms with E-state index < -0.39 is 35.0 Å². The number of nitrogens with zero attached hydrogens (tertiary/aromatic N) is 3. The Balaban J connectivity index is 1.93. The molecule has 11 heteroatoms. The number of hydrogen-bond acceptors (Lipinski definition) is 5. The highest BCUT2D eigenvalue weighted by Gasteiger charge is 2.46. The molecule has 2 atom stereocenters. The fourth-order valence-electron chi connectivity index (χ4n) is 2.90. The minimum Gasteiger partial charge on any atom is -0.342 e. The van der Waals surface area contributed by atoms with Crippen molar-refractivity contribution in [3.05, 3.63) is 60.3 Å². The van der Waals surface area contributed by atoms with Crippen molar-refractivity contribution in [3.8, 4) is 0 Å². The van der Waals surface area contributed by atoms with Crippen LogP contribution < -0.4 is 16.0 Å². The lowest BCUT2D eigenvalue weighted by molar-refractivity contribution is -0.141. The summed E-state index contributed by atoms with van der Waals surface area (Å²) in [5.74, 6) is -2.89. The van der Waals surface area contributed by atoms with Crippen molar-refractivity contribution in [1.82, 2.24) is 30.7 Å². The van der Waals surface area contributed by atoms with Gasteiger partial charge in [0.2, 0.25) is 5.91 Å². The van der Waals surface area contributed by atoms with E-state index in [1.54, 1.807) is 19.9 Å². The lowest BCUT2D eigenvalue weighted by Crippen LogP contribution is -2.70. The van der Waals surface area contributed by atoms with Crippen LogP contribution in [0.2, 0.25) is 0 Å². The molecule has 1 aliphatic heterocycles. The summed E-state index contributed by atoms with van der Waals surface area (Å²) in [4.78, 5) is 28.7. The van der Waals surface area contributed by atoms with Crippen LogP contribution in [0.4, 0.5) is 13.2 Å². The zero-order chi connectivity index (χ0) is 21.3. The largest absolute Gasteiger partial charge is 0.433 e. The lowest BCUT2D eigenvalue weighted by atomic mass is 9.90. The predicted octanol–water partition coefficient (Wildman–Crippen LogP) is 1.58. The maximum absolute atomic E-state index is 13.3. The molecule has 29 heavy (non-hydrogen) atoms. The van der Waals surface area contributed by atoms with Crippen LogP contribution in [0.3, 0.4) is 0 Å². The standard InChI is InChI=1S/C18H19F3N6O2/c1-3-16(2,12-5-6-13(22-11-12)17(19,20)21)26-15(29)18(27-10-4-8-24-27)23-9-7-14(28)25-18/h4-11,23H,3H2,1-2H3,(H,25,28)(H,26,29). The molecule has 0 fully saturated rings. The van der Waals surface area contributed by atoms with Gasteiger partial charge in [0.15, 0.2) is 0 Å². The second-order valence-electron chi connectivity index (χ2n) is 6.70. The van der Waals surface area contributed by atoms with Gasteiger partial charge in [-0.25, -0.2) is 4.68 Å².